The first-order valence-corrected chi connectivity index (χ1v) is 7.23. The first-order chi connectivity index (χ1) is 10.7. The van der Waals surface area contributed by atoms with Gasteiger partial charge in [0, 0.05) is 30.1 Å². The average molecular weight is 296 g/mol. The number of hydrogen-bond donors (Lipinski definition) is 1. The summed E-state index contributed by atoms with van der Waals surface area (Å²) in [5.41, 5.74) is 7.67. The van der Waals surface area contributed by atoms with E-state index in [9.17, 15) is 4.39 Å². The zero-order chi connectivity index (χ0) is 15.5. The van der Waals surface area contributed by atoms with E-state index in [4.69, 9.17) is 4.84 Å². The van der Waals surface area contributed by atoms with E-state index < -0.39 is 0 Å². The number of benzene rings is 1. The Hall–Kier alpha value is -2.46. The van der Waals surface area contributed by atoms with Gasteiger partial charge in [0.1, 0.15) is 5.82 Å². The molecule has 0 atom stereocenters. The van der Waals surface area contributed by atoms with Gasteiger partial charge in [-0.2, -0.15) is 5.48 Å². The Bertz CT molecular complexity index is 751. The minimum absolute atomic E-state index is 0.269. The Morgan fingerprint density at radius 3 is 2.68 bits per heavy atom. The number of hydroxylamine groups is 1. The highest BCUT2D eigenvalue weighted by Crippen LogP contribution is 2.42. The number of halogens is 1. The van der Waals surface area contributed by atoms with E-state index in [-0.39, 0.29) is 5.82 Å². The lowest BCUT2D eigenvalue weighted by atomic mass is 10.0. The van der Waals surface area contributed by atoms with Gasteiger partial charge in [-0.15, -0.1) is 0 Å². The molecule has 22 heavy (non-hydrogen) atoms. The number of fused-ring (bicyclic) bond motifs is 1. The van der Waals surface area contributed by atoms with Crippen molar-refractivity contribution in [1.82, 2.24) is 10.5 Å². The van der Waals surface area contributed by atoms with Gasteiger partial charge in [0.25, 0.3) is 0 Å². The smallest absolute Gasteiger partial charge is 0.158 e. The average Bonchev–Trinajstić information content (AvgIpc) is 2.78. The lowest BCUT2D eigenvalue weighted by Gasteiger charge is -2.08. The van der Waals surface area contributed by atoms with Crippen LogP contribution in [0.3, 0.4) is 0 Å². The molecule has 0 amide bonds. The molecule has 1 aromatic heterocycles. The number of hydrogen-bond acceptors (Lipinski definition) is 3. The highest BCUT2D eigenvalue weighted by molar-refractivity contribution is 6.03. The summed E-state index contributed by atoms with van der Waals surface area (Å²) in [5.74, 6) is 0.408. The summed E-state index contributed by atoms with van der Waals surface area (Å²) in [5, 5.41) is 0. The molecular weight excluding hydrogens is 279 g/mol. The van der Waals surface area contributed by atoms with Gasteiger partial charge in [0.05, 0.1) is 0 Å². The lowest BCUT2D eigenvalue weighted by molar-refractivity contribution is 0.163. The van der Waals surface area contributed by atoms with Gasteiger partial charge in [0.15, 0.2) is 5.76 Å². The van der Waals surface area contributed by atoms with Crippen LogP contribution in [0.25, 0.3) is 17.4 Å². The number of nitrogens with one attached hydrogen (secondary N) is 1. The maximum absolute atomic E-state index is 13.6. The number of allylic oxidation sites excluding steroid dienone is 2. The zero-order valence-corrected chi connectivity index (χ0v) is 12.6. The van der Waals surface area contributed by atoms with Crippen molar-refractivity contribution in [2.24, 2.45) is 0 Å². The predicted molar refractivity (Wildman–Crippen MR) is 85.9 cm³/mol. The van der Waals surface area contributed by atoms with Gasteiger partial charge in [-0.25, -0.2) is 4.39 Å². The molecule has 0 radical (unpaired) electrons. The summed E-state index contributed by atoms with van der Waals surface area (Å²) in [7, 11) is 0. The van der Waals surface area contributed by atoms with E-state index >= 15 is 0 Å². The molecule has 1 aromatic carbocycles. The van der Waals surface area contributed by atoms with Gasteiger partial charge in [-0.05, 0) is 60.9 Å². The summed E-state index contributed by atoms with van der Waals surface area (Å²) in [6, 6.07) is 8.66. The van der Waals surface area contributed by atoms with Crippen molar-refractivity contribution in [2.45, 2.75) is 13.8 Å². The molecule has 3 rings (SSSR count). The van der Waals surface area contributed by atoms with Crippen molar-refractivity contribution in [3.8, 4) is 0 Å². The molecule has 0 bridgehead atoms. The largest absolute Gasteiger partial charge is 0.408 e. The molecule has 1 aliphatic rings. The second-order valence-electron chi connectivity index (χ2n) is 5.08. The lowest BCUT2D eigenvalue weighted by Crippen LogP contribution is -2.12. The number of rotatable bonds is 4. The van der Waals surface area contributed by atoms with Gasteiger partial charge in [0.2, 0.25) is 0 Å². The minimum atomic E-state index is -0.269. The maximum atomic E-state index is 13.6. The quantitative estimate of drug-likeness (QED) is 0.864. The molecule has 0 fully saturated rings. The Balaban J connectivity index is 2.11. The summed E-state index contributed by atoms with van der Waals surface area (Å²) in [4.78, 5) is 9.65. The van der Waals surface area contributed by atoms with Crippen LogP contribution >= 0.6 is 0 Å². The van der Waals surface area contributed by atoms with Crippen LogP contribution in [0.15, 0.2) is 48.3 Å². The fourth-order valence-corrected chi connectivity index (χ4v) is 2.55. The predicted octanol–water partition coefficient (Wildman–Crippen LogP) is 4.05. The van der Waals surface area contributed by atoms with Gasteiger partial charge in [-0.3, -0.25) is 4.98 Å². The van der Waals surface area contributed by atoms with E-state index in [1.165, 1.54) is 12.1 Å². The summed E-state index contributed by atoms with van der Waals surface area (Å²) >= 11 is 0. The molecule has 0 spiro atoms. The Morgan fingerprint density at radius 2 is 1.95 bits per heavy atom. The van der Waals surface area contributed by atoms with Gasteiger partial charge in [-0.1, -0.05) is 6.07 Å². The molecule has 0 unspecified atom stereocenters. The molecule has 0 saturated carbocycles. The van der Waals surface area contributed by atoms with Crippen molar-refractivity contribution in [3.63, 3.8) is 0 Å². The highest BCUT2D eigenvalue weighted by Gasteiger charge is 2.26. The third-order valence-electron chi connectivity index (χ3n) is 3.60. The fourth-order valence-electron chi connectivity index (χ4n) is 2.55. The fraction of sp³-hybridized carbons (Fsp3) is 0.167. The van der Waals surface area contributed by atoms with Crippen molar-refractivity contribution in [1.29, 1.82) is 0 Å². The van der Waals surface area contributed by atoms with E-state index in [1.54, 1.807) is 18.5 Å². The van der Waals surface area contributed by atoms with Crippen molar-refractivity contribution < 1.29 is 9.23 Å². The van der Waals surface area contributed by atoms with Crippen LogP contribution in [0.4, 0.5) is 4.39 Å². The summed E-state index contributed by atoms with van der Waals surface area (Å²) in [6.07, 6.45) is 5.57. The molecule has 2 aromatic rings. The third-order valence-corrected chi connectivity index (χ3v) is 3.60. The Kier molecular flexibility index (Phi) is 4.02. The monoisotopic (exact) mass is 296 g/mol. The van der Waals surface area contributed by atoms with Crippen LogP contribution in [0.2, 0.25) is 0 Å². The molecule has 112 valence electrons. The molecule has 4 heteroatoms. The number of aromatic nitrogens is 1. The Labute approximate surface area is 129 Å². The summed E-state index contributed by atoms with van der Waals surface area (Å²) < 4.78 is 13.6. The van der Waals surface area contributed by atoms with E-state index in [1.807, 2.05) is 26.0 Å². The molecule has 1 heterocycles. The first-order valence-electron chi connectivity index (χ1n) is 7.23. The highest BCUT2D eigenvalue weighted by atomic mass is 19.1. The van der Waals surface area contributed by atoms with Gasteiger partial charge < -0.3 is 4.84 Å². The van der Waals surface area contributed by atoms with E-state index in [0.29, 0.717) is 12.3 Å². The zero-order valence-electron chi connectivity index (χ0n) is 12.6. The number of pyridine rings is 1. The first kappa shape index (κ1) is 14.5. The molecule has 1 N–H and O–H groups in total. The normalized spacial score (nSPS) is 15.3. The van der Waals surface area contributed by atoms with Gasteiger partial charge >= 0.3 is 0 Å². The SMILES string of the molecule is CCNOC1=C(C)/C(=C\c2ccncc2)c2ccc(F)cc21. The van der Waals surface area contributed by atoms with Crippen LogP contribution < -0.4 is 5.48 Å². The number of nitrogens with zero attached hydrogens (tertiary/aromatic N) is 1. The summed E-state index contributed by atoms with van der Waals surface area (Å²) in [6.45, 7) is 4.60. The standard InChI is InChI=1S/C18H17FN2O/c1-3-21-22-18-12(2)16(10-13-6-8-20-9-7-13)15-5-4-14(19)11-17(15)18/h4-11,21H,3H2,1-2H3/b16-10+. The third kappa shape index (κ3) is 2.65. The van der Waals surface area contributed by atoms with Crippen LogP contribution in [-0.4, -0.2) is 11.5 Å². The van der Waals surface area contributed by atoms with Crippen LogP contribution in [0.1, 0.15) is 30.5 Å². The second kappa shape index (κ2) is 6.12. The maximum Gasteiger partial charge on any atom is 0.158 e. The van der Waals surface area contributed by atoms with Crippen LogP contribution in [0.5, 0.6) is 0 Å². The van der Waals surface area contributed by atoms with Crippen molar-refractivity contribution >= 4 is 17.4 Å². The Morgan fingerprint density at radius 1 is 1.18 bits per heavy atom. The molecule has 1 aliphatic carbocycles. The molecule has 0 aliphatic heterocycles. The molecular formula is C18H17FN2O. The molecule has 0 saturated heterocycles. The topological polar surface area (TPSA) is 34.1 Å². The molecule has 3 nitrogen and oxygen atoms in total. The van der Waals surface area contributed by atoms with E-state index in [2.05, 4.69) is 16.5 Å². The minimum Gasteiger partial charge on any atom is -0.408 e. The van der Waals surface area contributed by atoms with Crippen molar-refractivity contribution in [2.75, 3.05) is 6.54 Å². The van der Waals surface area contributed by atoms with Crippen molar-refractivity contribution in [3.05, 3.63) is 70.8 Å². The van der Waals surface area contributed by atoms with Crippen LogP contribution in [-0.2, 0) is 4.84 Å². The van der Waals surface area contributed by atoms with Crippen LogP contribution in [0, 0.1) is 5.82 Å². The van der Waals surface area contributed by atoms with E-state index in [0.717, 1.165) is 27.8 Å². The second-order valence-corrected chi connectivity index (χ2v) is 5.08.